The number of amides is 1. The molecule has 0 unspecified atom stereocenters. The van der Waals surface area contributed by atoms with Crippen molar-refractivity contribution < 1.29 is 4.79 Å². The van der Waals surface area contributed by atoms with Crippen molar-refractivity contribution >= 4 is 12.0 Å². The quantitative estimate of drug-likeness (QED) is 0.830. The molecule has 0 saturated carbocycles. The van der Waals surface area contributed by atoms with E-state index < -0.39 is 0 Å². The first kappa shape index (κ1) is 17.4. The van der Waals surface area contributed by atoms with Gasteiger partial charge in [-0.3, -0.25) is 4.79 Å². The normalized spacial score (nSPS) is 15.0. The number of rotatable bonds is 7. The van der Waals surface area contributed by atoms with Gasteiger partial charge in [-0.15, -0.1) is 0 Å². The molecule has 0 atom stereocenters. The Hall–Kier alpha value is -2.39. The van der Waals surface area contributed by atoms with Gasteiger partial charge in [0.1, 0.15) is 0 Å². The summed E-state index contributed by atoms with van der Waals surface area (Å²) in [5.74, 6) is 0.284. The second-order valence-electron chi connectivity index (χ2n) is 6.74. The summed E-state index contributed by atoms with van der Waals surface area (Å²) in [6.07, 6.45) is 3.91. The summed E-state index contributed by atoms with van der Waals surface area (Å²) in [5.41, 5.74) is 5.03. The Morgan fingerprint density at radius 2 is 1.80 bits per heavy atom. The second kappa shape index (κ2) is 8.63. The molecule has 1 fully saturated rings. The number of hydrogen-bond acceptors (Lipinski definition) is 2. The Labute approximate surface area is 150 Å². The van der Waals surface area contributed by atoms with Crippen molar-refractivity contribution in [3.05, 3.63) is 76.9 Å². The number of hydrogen-bond donors (Lipinski definition) is 1. The number of likely N-dealkylation sites (tertiary alicyclic amines) is 1. The molecule has 0 aromatic heterocycles. The van der Waals surface area contributed by atoms with Gasteiger partial charge in [0.05, 0.1) is 0 Å². The van der Waals surface area contributed by atoms with Crippen LogP contribution in [0.5, 0.6) is 0 Å². The van der Waals surface area contributed by atoms with E-state index in [-0.39, 0.29) is 5.91 Å². The van der Waals surface area contributed by atoms with Crippen molar-refractivity contribution in [2.75, 3.05) is 13.1 Å². The molecule has 3 nitrogen and oxygen atoms in total. The lowest BCUT2D eigenvalue weighted by Gasteiger charge is -2.15. The molecule has 0 bridgehead atoms. The number of carbonyl (C=O) groups is 1. The maximum atomic E-state index is 11.7. The molecule has 3 rings (SSSR count). The monoisotopic (exact) mass is 334 g/mol. The predicted octanol–water partition coefficient (Wildman–Crippen LogP) is 4.00. The fraction of sp³-hybridized carbons (Fsp3) is 0.318. The smallest absolute Gasteiger partial charge is 0.222 e. The van der Waals surface area contributed by atoms with Gasteiger partial charge in [0.25, 0.3) is 0 Å². The highest BCUT2D eigenvalue weighted by Crippen LogP contribution is 2.14. The van der Waals surface area contributed by atoms with Gasteiger partial charge in [-0.1, -0.05) is 66.2 Å². The van der Waals surface area contributed by atoms with E-state index in [2.05, 4.69) is 66.8 Å². The van der Waals surface area contributed by atoms with E-state index in [1.165, 1.54) is 22.3 Å². The topological polar surface area (TPSA) is 32.3 Å². The molecule has 0 spiro atoms. The molecule has 2 aromatic rings. The van der Waals surface area contributed by atoms with Gasteiger partial charge in [0, 0.05) is 32.6 Å². The largest absolute Gasteiger partial charge is 0.338 e. The van der Waals surface area contributed by atoms with Crippen LogP contribution in [-0.2, 0) is 17.9 Å². The lowest BCUT2D eigenvalue weighted by Crippen LogP contribution is -2.23. The summed E-state index contributed by atoms with van der Waals surface area (Å²) in [7, 11) is 0. The maximum absolute atomic E-state index is 11.7. The van der Waals surface area contributed by atoms with Gasteiger partial charge < -0.3 is 10.2 Å². The lowest BCUT2D eigenvalue weighted by molar-refractivity contribution is -0.128. The Kier molecular flexibility index (Phi) is 6.02. The van der Waals surface area contributed by atoms with Crippen molar-refractivity contribution in [3.8, 4) is 0 Å². The zero-order valence-corrected chi connectivity index (χ0v) is 14.9. The minimum Gasteiger partial charge on any atom is -0.338 e. The van der Waals surface area contributed by atoms with Crippen molar-refractivity contribution in [1.82, 2.24) is 10.2 Å². The highest BCUT2D eigenvalue weighted by molar-refractivity contribution is 5.78. The van der Waals surface area contributed by atoms with Crippen LogP contribution in [0.3, 0.4) is 0 Å². The van der Waals surface area contributed by atoms with E-state index in [0.717, 1.165) is 32.6 Å². The molecule has 1 aliphatic heterocycles. The van der Waals surface area contributed by atoms with Crippen molar-refractivity contribution in [2.24, 2.45) is 0 Å². The summed E-state index contributed by atoms with van der Waals surface area (Å²) in [6.45, 7) is 5.51. The van der Waals surface area contributed by atoms with Crippen LogP contribution in [0.25, 0.3) is 6.08 Å². The number of nitrogens with zero attached hydrogens (tertiary/aromatic N) is 1. The lowest BCUT2D eigenvalue weighted by atomic mass is 10.1. The van der Waals surface area contributed by atoms with E-state index in [0.29, 0.717) is 6.42 Å². The summed E-state index contributed by atoms with van der Waals surface area (Å²) in [4.78, 5) is 13.6. The highest BCUT2D eigenvalue weighted by Gasteiger charge is 2.19. The molecule has 0 radical (unpaired) electrons. The van der Waals surface area contributed by atoms with Gasteiger partial charge in [-0.25, -0.2) is 0 Å². The van der Waals surface area contributed by atoms with Crippen LogP contribution < -0.4 is 5.32 Å². The van der Waals surface area contributed by atoms with E-state index >= 15 is 0 Å². The van der Waals surface area contributed by atoms with Crippen LogP contribution in [0.1, 0.15) is 36.5 Å². The summed E-state index contributed by atoms with van der Waals surface area (Å²) in [6, 6.07) is 19.0. The van der Waals surface area contributed by atoms with Crippen molar-refractivity contribution in [3.63, 3.8) is 0 Å². The fourth-order valence-electron chi connectivity index (χ4n) is 3.14. The molecule has 130 valence electrons. The zero-order valence-electron chi connectivity index (χ0n) is 14.9. The highest BCUT2D eigenvalue weighted by atomic mass is 16.2. The number of carbonyl (C=O) groups excluding carboxylic acids is 1. The Bertz CT molecular complexity index is 719. The molecular weight excluding hydrogens is 308 g/mol. The maximum Gasteiger partial charge on any atom is 0.222 e. The number of nitrogens with one attached hydrogen (secondary N) is 1. The van der Waals surface area contributed by atoms with Crippen LogP contribution >= 0.6 is 0 Å². The SMILES string of the molecule is C/C(=C/c1ccccc1)CNCc1ccc(CN2CCCC2=O)cc1. The third kappa shape index (κ3) is 5.30. The molecule has 1 saturated heterocycles. The summed E-state index contributed by atoms with van der Waals surface area (Å²) in [5, 5.41) is 3.49. The van der Waals surface area contributed by atoms with Gasteiger partial charge >= 0.3 is 0 Å². The van der Waals surface area contributed by atoms with E-state index in [4.69, 9.17) is 0 Å². The van der Waals surface area contributed by atoms with Crippen LogP contribution in [0.15, 0.2) is 60.2 Å². The fourth-order valence-corrected chi connectivity index (χ4v) is 3.14. The first-order chi connectivity index (χ1) is 12.2. The summed E-state index contributed by atoms with van der Waals surface area (Å²) >= 11 is 0. The molecule has 1 N–H and O–H groups in total. The molecule has 1 aliphatic rings. The van der Waals surface area contributed by atoms with Crippen LogP contribution in [0.4, 0.5) is 0 Å². The van der Waals surface area contributed by atoms with Crippen LogP contribution in [0.2, 0.25) is 0 Å². The van der Waals surface area contributed by atoms with Crippen LogP contribution in [0, 0.1) is 0 Å². The standard InChI is InChI=1S/C22H26N2O/c1-18(14-19-6-3-2-4-7-19)15-23-16-20-9-11-21(12-10-20)17-24-13-5-8-22(24)25/h2-4,6-7,9-12,14,23H,5,8,13,15-17H2,1H3/b18-14-. The third-order valence-corrected chi connectivity index (χ3v) is 4.51. The van der Waals surface area contributed by atoms with E-state index in [9.17, 15) is 4.79 Å². The zero-order chi connectivity index (χ0) is 17.5. The van der Waals surface area contributed by atoms with E-state index in [1.807, 2.05) is 11.0 Å². The van der Waals surface area contributed by atoms with E-state index in [1.54, 1.807) is 0 Å². The minimum atomic E-state index is 0.284. The predicted molar refractivity (Wildman–Crippen MR) is 103 cm³/mol. The van der Waals surface area contributed by atoms with Crippen molar-refractivity contribution in [1.29, 1.82) is 0 Å². The average Bonchev–Trinajstić information content (AvgIpc) is 3.02. The van der Waals surface area contributed by atoms with Gasteiger partial charge in [-0.05, 0) is 30.0 Å². The van der Waals surface area contributed by atoms with Gasteiger partial charge in [0.15, 0.2) is 0 Å². The molecule has 2 aromatic carbocycles. The number of benzene rings is 2. The molecule has 25 heavy (non-hydrogen) atoms. The first-order valence-electron chi connectivity index (χ1n) is 8.99. The van der Waals surface area contributed by atoms with Gasteiger partial charge in [0.2, 0.25) is 5.91 Å². The molecule has 0 aliphatic carbocycles. The third-order valence-electron chi connectivity index (χ3n) is 4.51. The van der Waals surface area contributed by atoms with Crippen molar-refractivity contribution in [2.45, 2.75) is 32.9 Å². The van der Waals surface area contributed by atoms with Crippen LogP contribution in [-0.4, -0.2) is 23.9 Å². The minimum absolute atomic E-state index is 0.284. The summed E-state index contributed by atoms with van der Waals surface area (Å²) < 4.78 is 0. The molecule has 3 heteroatoms. The molecule has 1 heterocycles. The first-order valence-corrected chi connectivity index (χ1v) is 8.99. The Morgan fingerprint density at radius 1 is 1.08 bits per heavy atom. The Balaban J connectivity index is 1.45. The van der Waals surface area contributed by atoms with Gasteiger partial charge in [-0.2, -0.15) is 0 Å². The molecular formula is C22H26N2O. The Morgan fingerprint density at radius 3 is 2.48 bits per heavy atom. The molecule has 1 amide bonds. The average molecular weight is 334 g/mol. The second-order valence-corrected chi connectivity index (χ2v) is 6.74.